The van der Waals surface area contributed by atoms with Gasteiger partial charge in [0, 0.05) is 22.9 Å². The standard InChI is InChI=1S/C19H19ClN2O4S2/c1-12-19(24)22-16-10-14(6-7-17(16)27-12)28(25,26)9-8-18(23)21-11-13-4-2-3-5-15(13)20/h2-7,10,12H,8-9,11H2,1H3,(H,21,23)(H,22,24)/t12-/m1/s1. The first kappa shape index (κ1) is 20.7. The SMILES string of the molecule is C[C@H]1Sc2ccc(S(=O)(=O)CCC(=O)NCc3ccccc3Cl)cc2NC1=O. The lowest BCUT2D eigenvalue weighted by Crippen LogP contribution is -2.27. The molecule has 0 unspecified atom stereocenters. The van der Waals surface area contributed by atoms with Crippen LogP contribution in [-0.2, 0) is 26.0 Å². The molecular weight excluding hydrogens is 420 g/mol. The smallest absolute Gasteiger partial charge is 0.237 e. The lowest BCUT2D eigenvalue weighted by molar-refractivity contribution is -0.121. The lowest BCUT2D eigenvalue weighted by Gasteiger charge is -2.21. The fourth-order valence-electron chi connectivity index (χ4n) is 2.65. The van der Waals surface area contributed by atoms with E-state index in [1.807, 2.05) is 6.07 Å². The molecule has 3 rings (SSSR count). The van der Waals surface area contributed by atoms with Gasteiger partial charge >= 0.3 is 0 Å². The van der Waals surface area contributed by atoms with Crippen molar-refractivity contribution in [3.05, 3.63) is 53.1 Å². The van der Waals surface area contributed by atoms with E-state index in [-0.39, 0.29) is 40.7 Å². The molecular formula is C19H19ClN2O4S2. The van der Waals surface area contributed by atoms with Gasteiger partial charge in [-0.15, -0.1) is 11.8 Å². The third-order valence-electron chi connectivity index (χ3n) is 4.27. The lowest BCUT2D eigenvalue weighted by atomic mass is 10.2. The van der Waals surface area contributed by atoms with Crippen molar-refractivity contribution < 1.29 is 18.0 Å². The number of hydrogen-bond acceptors (Lipinski definition) is 5. The van der Waals surface area contributed by atoms with Gasteiger partial charge in [-0.3, -0.25) is 9.59 Å². The zero-order valence-electron chi connectivity index (χ0n) is 15.1. The van der Waals surface area contributed by atoms with Crippen LogP contribution in [0, 0.1) is 0 Å². The molecule has 1 aliphatic heterocycles. The van der Waals surface area contributed by atoms with Crippen molar-refractivity contribution in [2.75, 3.05) is 11.1 Å². The van der Waals surface area contributed by atoms with Crippen molar-refractivity contribution in [3.63, 3.8) is 0 Å². The van der Waals surface area contributed by atoms with E-state index in [9.17, 15) is 18.0 Å². The Kier molecular flexibility index (Phi) is 6.32. The van der Waals surface area contributed by atoms with Crippen molar-refractivity contribution in [1.82, 2.24) is 5.32 Å². The summed E-state index contributed by atoms with van der Waals surface area (Å²) in [5.41, 5.74) is 1.25. The molecule has 0 bridgehead atoms. The maximum atomic E-state index is 12.6. The Morgan fingerprint density at radius 2 is 2.00 bits per heavy atom. The molecule has 2 N–H and O–H groups in total. The summed E-state index contributed by atoms with van der Waals surface area (Å²) in [5.74, 6) is -0.859. The Bertz CT molecular complexity index is 1020. The van der Waals surface area contributed by atoms with E-state index in [1.165, 1.54) is 23.9 Å². The van der Waals surface area contributed by atoms with E-state index in [1.54, 1.807) is 31.2 Å². The van der Waals surface area contributed by atoms with Crippen LogP contribution < -0.4 is 10.6 Å². The Hall–Kier alpha value is -2.03. The highest BCUT2D eigenvalue weighted by atomic mass is 35.5. The summed E-state index contributed by atoms with van der Waals surface area (Å²) < 4.78 is 25.2. The molecule has 6 nitrogen and oxygen atoms in total. The van der Waals surface area contributed by atoms with Gasteiger partial charge in [-0.1, -0.05) is 29.8 Å². The molecule has 2 amide bonds. The maximum absolute atomic E-state index is 12.6. The summed E-state index contributed by atoms with van der Waals surface area (Å²) in [6.07, 6.45) is -0.165. The van der Waals surface area contributed by atoms with E-state index in [2.05, 4.69) is 10.6 Å². The predicted molar refractivity (Wildman–Crippen MR) is 110 cm³/mol. The monoisotopic (exact) mass is 438 g/mol. The summed E-state index contributed by atoms with van der Waals surface area (Å²) in [4.78, 5) is 24.7. The molecule has 1 heterocycles. The first-order valence-electron chi connectivity index (χ1n) is 8.61. The molecule has 148 valence electrons. The Balaban J connectivity index is 1.61. The second-order valence-corrected chi connectivity index (χ2v) is 10.2. The molecule has 0 saturated carbocycles. The highest BCUT2D eigenvalue weighted by Crippen LogP contribution is 2.36. The van der Waals surface area contributed by atoms with Crippen molar-refractivity contribution in [1.29, 1.82) is 0 Å². The van der Waals surface area contributed by atoms with E-state index < -0.39 is 9.84 Å². The second-order valence-electron chi connectivity index (χ2n) is 6.34. The minimum absolute atomic E-state index is 0.0839. The quantitative estimate of drug-likeness (QED) is 0.722. The van der Waals surface area contributed by atoms with Gasteiger partial charge in [0.05, 0.1) is 21.6 Å². The number of carbonyl (C=O) groups is 2. The van der Waals surface area contributed by atoms with E-state index in [0.29, 0.717) is 10.7 Å². The number of amides is 2. The second kappa shape index (κ2) is 8.55. The summed E-state index contributed by atoms with van der Waals surface area (Å²) in [6, 6.07) is 11.8. The van der Waals surface area contributed by atoms with Crippen LogP contribution in [0.2, 0.25) is 5.02 Å². The minimum Gasteiger partial charge on any atom is -0.352 e. The summed E-state index contributed by atoms with van der Waals surface area (Å²) in [5, 5.41) is 5.71. The largest absolute Gasteiger partial charge is 0.352 e. The normalized spacial score (nSPS) is 16.2. The van der Waals surface area contributed by atoms with Crippen molar-refractivity contribution in [2.24, 2.45) is 0 Å². The van der Waals surface area contributed by atoms with Crippen LogP contribution in [0.25, 0.3) is 0 Å². The number of nitrogens with one attached hydrogen (secondary N) is 2. The molecule has 1 atom stereocenters. The van der Waals surface area contributed by atoms with Crippen molar-refractivity contribution in [2.45, 2.75) is 34.9 Å². The predicted octanol–water partition coefficient (Wildman–Crippen LogP) is 3.25. The van der Waals surface area contributed by atoms with Gasteiger partial charge in [0.15, 0.2) is 9.84 Å². The van der Waals surface area contributed by atoms with Gasteiger partial charge in [0.2, 0.25) is 11.8 Å². The summed E-state index contributed by atoms with van der Waals surface area (Å²) in [7, 11) is -3.66. The minimum atomic E-state index is -3.66. The molecule has 2 aromatic rings. The maximum Gasteiger partial charge on any atom is 0.237 e. The topological polar surface area (TPSA) is 92.3 Å². The van der Waals surface area contributed by atoms with E-state index >= 15 is 0 Å². The van der Waals surface area contributed by atoms with Crippen LogP contribution in [0.1, 0.15) is 18.9 Å². The van der Waals surface area contributed by atoms with Gasteiger partial charge in [0.25, 0.3) is 0 Å². The molecule has 0 fully saturated rings. The van der Waals surface area contributed by atoms with Crippen LogP contribution in [-0.4, -0.2) is 31.2 Å². The number of sulfone groups is 1. The molecule has 1 aliphatic rings. The molecule has 0 saturated heterocycles. The number of hydrogen-bond donors (Lipinski definition) is 2. The fraction of sp³-hybridized carbons (Fsp3) is 0.263. The first-order valence-corrected chi connectivity index (χ1v) is 11.5. The number of thioether (sulfide) groups is 1. The summed E-state index contributed by atoms with van der Waals surface area (Å²) in [6.45, 7) is 2.02. The molecule has 0 aromatic heterocycles. The summed E-state index contributed by atoms with van der Waals surface area (Å²) >= 11 is 7.42. The molecule has 0 spiro atoms. The first-order chi connectivity index (χ1) is 13.3. The van der Waals surface area contributed by atoms with Gasteiger partial charge in [-0.05, 0) is 36.8 Å². The van der Waals surface area contributed by atoms with Crippen LogP contribution in [0.3, 0.4) is 0 Å². The van der Waals surface area contributed by atoms with Crippen LogP contribution >= 0.6 is 23.4 Å². The van der Waals surface area contributed by atoms with Gasteiger partial charge < -0.3 is 10.6 Å². The van der Waals surface area contributed by atoms with Crippen LogP contribution in [0.15, 0.2) is 52.3 Å². The van der Waals surface area contributed by atoms with Crippen molar-refractivity contribution >= 4 is 50.7 Å². The highest BCUT2D eigenvalue weighted by molar-refractivity contribution is 8.01. The molecule has 0 radical (unpaired) electrons. The molecule has 2 aromatic carbocycles. The number of fused-ring (bicyclic) bond motifs is 1. The average Bonchev–Trinajstić information content (AvgIpc) is 2.66. The van der Waals surface area contributed by atoms with E-state index in [4.69, 9.17) is 11.6 Å². The van der Waals surface area contributed by atoms with Crippen molar-refractivity contribution in [3.8, 4) is 0 Å². The molecule has 28 heavy (non-hydrogen) atoms. The van der Waals surface area contributed by atoms with Gasteiger partial charge in [0.1, 0.15) is 0 Å². The number of rotatable bonds is 6. The van der Waals surface area contributed by atoms with Gasteiger partial charge in [-0.25, -0.2) is 8.42 Å². The third-order valence-corrected chi connectivity index (χ3v) is 7.53. The number of halogens is 1. The third kappa shape index (κ3) is 4.87. The number of carbonyl (C=O) groups excluding carboxylic acids is 2. The number of benzene rings is 2. The molecule has 0 aliphatic carbocycles. The zero-order valence-corrected chi connectivity index (χ0v) is 17.5. The van der Waals surface area contributed by atoms with Crippen LogP contribution in [0.5, 0.6) is 0 Å². The highest BCUT2D eigenvalue weighted by Gasteiger charge is 2.25. The van der Waals surface area contributed by atoms with Crippen LogP contribution in [0.4, 0.5) is 5.69 Å². The Morgan fingerprint density at radius 3 is 2.75 bits per heavy atom. The fourth-order valence-corrected chi connectivity index (χ4v) is 5.05. The Labute approximate surface area is 173 Å². The Morgan fingerprint density at radius 1 is 1.25 bits per heavy atom. The van der Waals surface area contributed by atoms with Gasteiger partial charge in [-0.2, -0.15) is 0 Å². The number of anilines is 1. The van der Waals surface area contributed by atoms with E-state index in [0.717, 1.165) is 10.5 Å². The molecule has 9 heteroatoms. The average molecular weight is 439 g/mol. The zero-order chi connectivity index (χ0) is 20.3.